The molecule has 0 bridgehead atoms. The van der Waals surface area contributed by atoms with Crippen LogP contribution in [0.3, 0.4) is 0 Å². The summed E-state index contributed by atoms with van der Waals surface area (Å²) in [6.07, 6.45) is 1.99. The van der Waals surface area contributed by atoms with Crippen molar-refractivity contribution in [3.63, 3.8) is 0 Å². The maximum atomic E-state index is 12.1. The number of amides is 2. The van der Waals surface area contributed by atoms with Gasteiger partial charge in [0.2, 0.25) is 0 Å². The molecule has 4 nitrogen and oxygen atoms in total. The summed E-state index contributed by atoms with van der Waals surface area (Å²) < 4.78 is 0. The Morgan fingerprint density at radius 1 is 1.04 bits per heavy atom. The molecule has 0 aliphatic carbocycles. The Hall–Kier alpha value is -2.33. The SMILES string of the molecule is Cc1ccc(NC(=O)NC2CCN(Cc3ccccc3)CC2)cc1. The summed E-state index contributed by atoms with van der Waals surface area (Å²) in [5.41, 5.74) is 3.37. The van der Waals surface area contributed by atoms with E-state index < -0.39 is 0 Å². The first kappa shape index (κ1) is 16.5. The Morgan fingerprint density at radius 3 is 2.38 bits per heavy atom. The third-order valence-corrected chi connectivity index (χ3v) is 4.48. The van der Waals surface area contributed by atoms with E-state index in [2.05, 4.69) is 39.8 Å². The van der Waals surface area contributed by atoms with E-state index in [0.717, 1.165) is 38.2 Å². The second-order valence-corrected chi connectivity index (χ2v) is 6.50. The minimum Gasteiger partial charge on any atom is -0.335 e. The lowest BCUT2D eigenvalue weighted by atomic mass is 10.0. The average Bonchev–Trinajstić information content (AvgIpc) is 2.60. The summed E-state index contributed by atoms with van der Waals surface area (Å²) in [6, 6.07) is 18.5. The maximum Gasteiger partial charge on any atom is 0.319 e. The molecule has 126 valence electrons. The van der Waals surface area contributed by atoms with Gasteiger partial charge in [0.05, 0.1) is 0 Å². The molecule has 0 radical (unpaired) electrons. The molecular weight excluding hydrogens is 298 g/mol. The van der Waals surface area contributed by atoms with E-state index in [9.17, 15) is 4.79 Å². The Labute approximate surface area is 143 Å². The highest BCUT2D eigenvalue weighted by molar-refractivity contribution is 5.89. The van der Waals surface area contributed by atoms with Crippen molar-refractivity contribution in [3.8, 4) is 0 Å². The first-order chi connectivity index (χ1) is 11.7. The maximum absolute atomic E-state index is 12.1. The third-order valence-electron chi connectivity index (χ3n) is 4.48. The zero-order valence-corrected chi connectivity index (χ0v) is 14.2. The van der Waals surface area contributed by atoms with Gasteiger partial charge in [0.15, 0.2) is 0 Å². The minimum atomic E-state index is -0.111. The van der Waals surface area contributed by atoms with Gasteiger partial charge in [-0.1, -0.05) is 48.0 Å². The van der Waals surface area contributed by atoms with Gasteiger partial charge in [-0.05, 0) is 37.5 Å². The van der Waals surface area contributed by atoms with Crippen molar-refractivity contribution in [1.82, 2.24) is 10.2 Å². The zero-order valence-electron chi connectivity index (χ0n) is 14.2. The number of carbonyl (C=O) groups excluding carboxylic acids is 1. The third kappa shape index (κ3) is 4.83. The summed E-state index contributed by atoms with van der Waals surface area (Å²) in [7, 11) is 0. The van der Waals surface area contributed by atoms with Crippen molar-refractivity contribution in [1.29, 1.82) is 0 Å². The fourth-order valence-corrected chi connectivity index (χ4v) is 3.07. The summed E-state index contributed by atoms with van der Waals surface area (Å²) in [5, 5.41) is 5.99. The Kier molecular flexibility index (Phi) is 5.49. The molecule has 0 saturated carbocycles. The molecule has 2 aromatic rings. The van der Waals surface area contributed by atoms with Crippen LogP contribution in [0.5, 0.6) is 0 Å². The predicted molar refractivity (Wildman–Crippen MR) is 98.1 cm³/mol. The molecule has 4 heteroatoms. The first-order valence-corrected chi connectivity index (χ1v) is 8.59. The summed E-state index contributed by atoms with van der Waals surface area (Å²) >= 11 is 0. The number of nitrogens with zero attached hydrogens (tertiary/aromatic N) is 1. The number of nitrogens with one attached hydrogen (secondary N) is 2. The second-order valence-electron chi connectivity index (χ2n) is 6.50. The molecule has 2 aromatic carbocycles. The van der Waals surface area contributed by atoms with E-state index in [-0.39, 0.29) is 12.1 Å². The number of urea groups is 1. The molecular formula is C20H25N3O. The molecule has 0 aromatic heterocycles. The van der Waals surface area contributed by atoms with Crippen molar-refractivity contribution in [2.24, 2.45) is 0 Å². The second kappa shape index (κ2) is 7.97. The molecule has 2 N–H and O–H groups in total. The van der Waals surface area contributed by atoms with Gasteiger partial charge < -0.3 is 10.6 Å². The van der Waals surface area contributed by atoms with Gasteiger partial charge >= 0.3 is 6.03 Å². The van der Waals surface area contributed by atoms with Crippen molar-refractivity contribution in [3.05, 3.63) is 65.7 Å². The summed E-state index contributed by atoms with van der Waals surface area (Å²) in [6.45, 7) is 5.06. The molecule has 0 unspecified atom stereocenters. The highest BCUT2D eigenvalue weighted by atomic mass is 16.2. The van der Waals surface area contributed by atoms with Crippen LogP contribution < -0.4 is 10.6 Å². The molecule has 1 aliphatic heterocycles. The van der Waals surface area contributed by atoms with E-state index in [4.69, 9.17) is 0 Å². The van der Waals surface area contributed by atoms with Crippen molar-refractivity contribution < 1.29 is 4.79 Å². The number of benzene rings is 2. The smallest absolute Gasteiger partial charge is 0.319 e. The van der Waals surface area contributed by atoms with Crippen LogP contribution in [-0.4, -0.2) is 30.1 Å². The highest BCUT2D eigenvalue weighted by Gasteiger charge is 2.20. The molecule has 2 amide bonds. The number of hydrogen-bond acceptors (Lipinski definition) is 2. The van der Waals surface area contributed by atoms with Crippen molar-refractivity contribution >= 4 is 11.7 Å². The number of anilines is 1. The molecule has 3 rings (SSSR count). The van der Waals surface area contributed by atoms with Gasteiger partial charge in [-0.25, -0.2) is 4.79 Å². The van der Waals surface area contributed by atoms with Gasteiger partial charge in [-0.2, -0.15) is 0 Å². The van der Waals surface area contributed by atoms with Crippen molar-refractivity contribution in [2.45, 2.75) is 32.4 Å². The van der Waals surface area contributed by atoms with Crippen LogP contribution in [0.4, 0.5) is 10.5 Å². The molecule has 1 saturated heterocycles. The van der Waals surface area contributed by atoms with E-state index in [1.54, 1.807) is 0 Å². The van der Waals surface area contributed by atoms with Gasteiger partial charge in [0.1, 0.15) is 0 Å². The van der Waals surface area contributed by atoms with Crippen LogP contribution in [0.1, 0.15) is 24.0 Å². The molecule has 0 spiro atoms. The number of carbonyl (C=O) groups is 1. The topological polar surface area (TPSA) is 44.4 Å². The lowest BCUT2D eigenvalue weighted by Crippen LogP contribution is -2.45. The summed E-state index contributed by atoms with van der Waals surface area (Å²) in [5.74, 6) is 0. The Balaban J connectivity index is 1.41. The molecule has 0 atom stereocenters. The highest BCUT2D eigenvalue weighted by Crippen LogP contribution is 2.14. The normalized spacial score (nSPS) is 15.9. The van der Waals surface area contributed by atoms with E-state index in [0.29, 0.717) is 0 Å². The van der Waals surface area contributed by atoms with Crippen molar-refractivity contribution in [2.75, 3.05) is 18.4 Å². The standard InChI is InChI=1S/C20H25N3O/c1-16-7-9-18(10-8-16)21-20(24)22-19-11-13-23(14-12-19)15-17-5-3-2-4-6-17/h2-10,19H,11-15H2,1H3,(H2,21,22,24). The number of rotatable bonds is 4. The van der Waals surface area contributed by atoms with E-state index >= 15 is 0 Å². The van der Waals surface area contributed by atoms with Crippen LogP contribution in [0.15, 0.2) is 54.6 Å². The Bertz CT molecular complexity index is 646. The minimum absolute atomic E-state index is 0.111. The van der Waals surface area contributed by atoms with Gasteiger partial charge in [-0.3, -0.25) is 4.90 Å². The predicted octanol–water partition coefficient (Wildman–Crippen LogP) is 3.78. The van der Waals surface area contributed by atoms with Crippen LogP contribution in [-0.2, 0) is 6.54 Å². The number of piperidine rings is 1. The lowest BCUT2D eigenvalue weighted by Gasteiger charge is -2.32. The molecule has 1 aliphatic rings. The summed E-state index contributed by atoms with van der Waals surface area (Å²) in [4.78, 5) is 14.6. The number of likely N-dealkylation sites (tertiary alicyclic amines) is 1. The van der Waals surface area contributed by atoms with Gasteiger partial charge in [0, 0.05) is 31.4 Å². The van der Waals surface area contributed by atoms with Gasteiger partial charge in [-0.15, -0.1) is 0 Å². The molecule has 1 heterocycles. The first-order valence-electron chi connectivity index (χ1n) is 8.59. The monoisotopic (exact) mass is 323 g/mol. The largest absolute Gasteiger partial charge is 0.335 e. The van der Waals surface area contributed by atoms with Gasteiger partial charge in [0.25, 0.3) is 0 Å². The van der Waals surface area contributed by atoms with Crippen LogP contribution >= 0.6 is 0 Å². The average molecular weight is 323 g/mol. The number of hydrogen-bond donors (Lipinski definition) is 2. The zero-order chi connectivity index (χ0) is 16.8. The lowest BCUT2D eigenvalue weighted by molar-refractivity contribution is 0.190. The quantitative estimate of drug-likeness (QED) is 0.899. The van der Waals surface area contributed by atoms with E-state index in [1.807, 2.05) is 37.3 Å². The van der Waals surface area contributed by atoms with Crippen LogP contribution in [0, 0.1) is 6.92 Å². The molecule has 1 fully saturated rings. The fourth-order valence-electron chi connectivity index (χ4n) is 3.07. The molecule has 24 heavy (non-hydrogen) atoms. The fraction of sp³-hybridized carbons (Fsp3) is 0.350. The van der Waals surface area contributed by atoms with Crippen LogP contribution in [0.25, 0.3) is 0 Å². The number of aryl methyl sites for hydroxylation is 1. The van der Waals surface area contributed by atoms with Crippen LogP contribution in [0.2, 0.25) is 0 Å². The van der Waals surface area contributed by atoms with E-state index in [1.165, 1.54) is 11.1 Å². The Morgan fingerprint density at radius 2 is 1.71 bits per heavy atom.